The van der Waals surface area contributed by atoms with Gasteiger partial charge in [-0.1, -0.05) is 42.0 Å². The largest absolute Gasteiger partial charge is 0.326 e. The Morgan fingerprint density at radius 1 is 1.08 bits per heavy atom. The predicted octanol–water partition coefficient (Wildman–Crippen LogP) is 4.19. The SMILES string of the molecule is CC(=O)Nc1ccc(/C=C2\SC(=O)N(Cc3ccc(C)cc3)C2=O)cc1. The lowest BCUT2D eigenvalue weighted by Gasteiger charge is -2.12. The van der Waals surface area contributed by atoms with Crippen LogP contribution in [0.2, 0.25) is 0 Å². The van der Waals surface area contributed by atoms with Crippen LogP contribution in [-0.2, 0) is 16.1 Å². The van der Waals surface area contributed by atoms with Crippen molar-refractivity contribution in [1.29, 1.82) is 0 Å². The van der Waals surface area contributed by atoms with Crippen LogP contribution in [0.5, 0.6) is 0 Å². The molecule has 0 bridgehead atoms. The highest BCUT2D eigenvalue weighted by Gasteiger charge is 2.34. The van der Waals surface area contributed by atoms with Crippen LogP contribution in [0.15, 0.2) is 53.4 Å². The van der Waals surface area contributed by atoms with Gasteiger partial charge in [-0.05, 0) is 48.0 Å². The molecule has 1 aliphatic rings. The molecule has 0 unspecified atom stereocenters. The summed E-state index contributed by atoms with van der Waals surface area (Å²) in [5.74, 6) is -0.429. The van der Waals surface area contributed by atoms with Crippen molar-refractivity contribution >= 4 is 40.6 Å². The third-order valence-electron chi connectivity index (χ3n) is 3.86. The third kappa shape index (κ3) is 4.21. The number of carbonyl (C=O) groups is 3. The quantitative estimate of drug-likeness (QED) is 0.824. The van der Waals surface area contributed by atoms with Crippen molar-refractivity contribution in [3.8, 4) is 0 Å². The first-order valence-electron chi connectivity index (χ1n) is 8.11. The molecule has 0 saturated carbocycles. The Hall–Kier alpha value is -2.86. The molecule has 2 aromatic rings. The summed E-state index contributed by atoms with van der Waals surface area (Å²) in [6.45, 7) is 3.70. The van der Waals surface area contributed by atoms with E-state index in [-0.39, 0.29) is 23.6 Å². The van der Waals surface area contributed by atoms with Gasteiger partial charge in [-0.25, -0.2) is 0 Å². The molecule has 1 saturated heterocycles. The lowest BCUT2D eigenvalue weighted by Crippen LogP contribution is -2.27. The number of rotatable bonds is 4. The molecule has 2 aromatic carbocycles. The van der Waals surface area contributed by atoms with Crippen LogP contribution in [0.25, 0.3) is 6.08 Å². The van der Waals surface area contributed by atoms with Crippen LogP contribution in [0.3, 0.4) is 0 Å². The molecular weight excluding hydrogens is 348 g/mol. The maximum Gasteiger partial charge on any atom is 0.293 e. The van der Waals surface area contributed by atoms with Gasteiger partial charge < -0.3 is 5.32 Å². The second-order valence-corrected chi connectivity index (χ2v) is 7.05. The highest BCUT2D eigenvalue weighted by Crippen LogP contribution is 2.33. The van der Waals surface area contributed by atoms with E-state index in [1.807, 2.05) is 31.2 Å². The predicted molar refractivity (Wildman–Crippen MR) is 103 cm³/mol. The van der Waals surface area contributed by atoms with Crippen LogP contribution >= 0.6 is 11.8 Å². The summed E-state index contributed by atoms with van der Waals surface area (Å²) >= 11 is 0.943. The van der Waals surface area contributed by atoms with Gasteiger partial charge in [0.1, 0.15) is 0 Å². The molecule has 0 atom stereocenters. The summed E-state index contributed by atoms with van der Waals surface area (Å²) in [5, 5.41) is 2.42. The summed E-state index contributed by atoms with van der Waals surface area (Å²) in [4.78, 5) is 37.5. The van der Waals surface area contributed by atoms with Crippen molar-refractivity contribution in [2.75, 3.05) is 5.32 Å². The molecule has 1 N–H and O–H groups in total. The van der Waals surface area contributed by atoms with Crippen molar-refractivity contribution < 1.29 is 14.4 Å². The van der Waals surface area contributed by atoms with E-state index in [4.69, 9.17) is 0 Å². The molecule has 5 nitrogen and oxygen atoms in total. The van der Waals surface area contributed by atoms with E-state index in [0.717, 1.165) is 28.5 Å². The van der Waals surface area contributed by atoms with Crippen LogP contribution in [-0.4, -0.2) is 22.0 Å². The fourth-order valence-corrected chi connectivity index (χ4v) is 3.37. The highest BCUT2D eigenvalue weighted by atomic mass is 32.2. The third-order valence-corrected chi connectivity index (χ3v) is 4.77. The summed E-state index contributed by atoms with van der Waals surface area (Å²) in [7, 11) is 0. The first-order valence-corrected chi connectivity index (χ1v) is 8.92. The monoisotopic (exact) mass is 366 g/mol. The number of imide groups is 1. The van der Waals surface area contributed by atoms with E-state index in [1.165, 1.54) is 11.8 Å². The fourth-order valence-electron chi connectivity index (χ4n) is 2.53. The van der Waals surface area contributed by atoms with E-state index in [2.05, 4.69) is 5.32 Å². The normalized spacial score (nSPS) is 15.6. The molecule has 3 rings (SSSR count). The molecule has 0 aliphatic carbocycles. The number of carbonyl (C=O) groups excluding carboxylic acids is 3. The van der Waals surface area contributed by atoms with Crippen LogP contribution in [0.1, 0.15) is 23.6 Å². The van der Waals surface area contributed by atoms with Gasteiger partial charge in [0.2, 0.25) is 5.91 Å². The Balaban J connectivity index is 1.74. The zero-order chi connectivity index (χ0) is 18.7. The lowest BCUT2D eigenvalue weighted by atomic mass is 10.1. The summed E-state index contributed by atoms with van der Waals surface area (Å²) < 4.78 is 0. The molecular formula is C20H18N2O3S. The average molecular weight is 366 g/mol. The van der Waals surface area contributed by atoms with Crippen molar-refractivity contribution in [3.05, 3.63) is 70.1 Å². The van der Waals surface area contributed by atoms with Crippen molar-refractivity contribution in [2.24, 2.45) is 0 Å². The van der Waals surface area contributed by atoms with Crippen LogP contribution in [0, 0.1) is 6.92 Å². The second kappa shape index (κ2) is 7.58. The molecule has 0 spiro atoms. The Labute approximate surface area is 156 Å². The molecule has 1 fully saturated rings. The smallest absolute Gasteiger partial charge is 0.293 e. The molecule has 6 heteroatoms. The summed E-state index contributed by atoms with van der Waals surface area (Å²) in [5.41, 5.74) is 3.52. The Morgan fingerprint density at radius 3 is 2.35 bits per heavy atom. The van der Waals surface area contributed by atoms with Gasteiger partial charge in [-0.2, -0.15) is 0 Å². The van der Waals surface area contributed by atoms with Crippen molar-refractivity contribution in [2.45, 2.75) is 20.4 Å². The molecule has 1 heterocycles. The first-order chi connectivity index (χ1) is 12.4. The number of anilines is 1. The summed E-state index contributed by atoms with van der Waals surface area (Å²) in [6, 6.07) is 14.8. The van der Waals surface area contributed by atoms with Gasteiger partial charge in [0.15, 0.2) is 0 Å². The molecule has 0 radical (unpaired) electrons. The Bertz CT molecular complexity index is 886. The van der Waals surface area contributed by atoms with E-state index in [1.54, 1.807) is 30.3 Å². The number of nitrogens with zero attached hydrogens (tertiary/aromatic N) is 1. The number of hydrogen-bond acceptors (Lipinski definition) is 4. The maximum atomic E-state index is 12.6. The van der Waals surface area contributed by atoms with Crippen molar-refractivity contribution in [3.63, 3.8) is 0 Å². The van der Waals surface area contributed by atoms with E-state index < -0.39 is 0 Å². The maximum absolute atomic E-state index is 12.6. The van der Waals surface area contributed by atoms with Crippen LogP contribution < -0.4 is 5.32 Å². The van der Waals surface area contributed by atoms with Gasteiger partial charge >= 0.3 is 0 Å². The molecule has 132 valence electrons. The molecule has 1 aliphatic heterocycles. The fraction of sp³-hybridized carbons (Fsp3) is 0.150. The van der Waals surface area contributed by atoms with Gasteiger partial charge in [0, 0.05) is 12.6 Å². The number of amides is 3. The average Bonchev–Trinajstić information content (AvgIpc) is 2.85. The number of aryl methyl sites for hydroxylation is 1. The van der Waals surface area contributed by atoms with E-state index >= 15 is 0 Å². The number of benzene rings is 2. The van der Waals surface area contributed by atoms with E-state index in [9.17, 15) is 14.4 Å². The minimum absolute atomic E-state index is 0.144. The standard InChI is InChI=1S/C20H18N2O3S/c1-13-3-5-16(6-4-13)12-22-19(24)18(26-20(22)25)11-15-7-9-17(10-8-15)21-14(2)23/h3-11H,12H2,1-2H3,(H,21,23)/b18-11-. The zero-order valence-electron chi connectivity index (χ0n) is 14.5. The van der Waals surface area contributed by atoms with Crippen molar-refractivity contribution in [1.82, 2.24) is 4.90 Å². The number of hydrogen-bond donors (Lipinski definition) is 1. The molecule has 3 amide bonds. The van der Waals surface area contributed by atoms with Gasteiger partial charge in [0.05, 0.1) is 11.4 Å². The number of thioether (sulfide) groups is 1. The zero-order valence-corrected chi connectivity index (χ0v) is 15.3. The molecule has 26 heavy (non-hydrogen) atoms. The lowest BCUT2D eigenvalue weighted by molar-refractivity contribution is -0.123. The number of nitrogens with one attached hydrogen (secondary N) is 1. The highest BCUT2D eigenvalue weighted by molar-refractivity contribution is 8.18. The Kier molecular flexibility index (Phi) is 5.23. The van der Waals surface area contributed by atoms with Gasteiger partial charge in [-0.15, -0.1) is 0 Å². The minimum atomic E-state index is -0.286. The minimum Gasteiger partial charge on any atom is -0.326 e. The van der Waals surface area contributed by atoms with E-state index in [0.29, 0.717) is 10.6 Å². The topological polar surface area (TPSA) is 66.5 Å². The van der Waals surface area contributed by atoms with Crippen LogP contribution in [0.4, 0.5) is 10.5 Å². The summed E-state index contributed by atoms with van der Waals surface area (Å²) in [6.07, 6.45) is 1.69. The van der Waals surface area contributed by atoms with Gasteiger partial charge in [0.25, 0.3) is 11.1 Å². The second-order valence-electron chi connectivity index (χ2n) is 6.06. The Morgan fingerprint density at radius 2 is 1.73 bits per heavy atom. The molecule has 0 aromatic heterocycles. The first kappa shape index (κ1) is 17.9. The van der Waals surface area contributed by atoms with Gasteiger partial charge in [-0.3, -0.25) is 19.3 Å².